The van der Waals surface area contributed by atoms with E-state index < -0.39 is 15.4 Å². The summed E-state index contributed by atoms with van der Waals surface area (Å²) in [6.07, 6.45) is 8.25. The summed E-state index contributed by atoms with van der Waals surface area (Å²) >= 11 is 0. The minimum Gasteiger partial charge on any atom is -0.486 e. The van der Waals surface area contributed by atoms with Crippen molar-refractivity contribution in [2.45, 2.75) is 62.4 Å². The zero-order chi connectivity index (χ0) is 18.8. The standard InChI is InChI=1S/C20H29NO4S/c1-3-4-5-6-11-21-12-9-20(10-13-21)15-18(22)17-14-16(26(2,23)24)7-8-19(17)25-20/h7-8,14H,3-6,9-13,15H2,1-2H3. The van der Waals surface area contributed by atoms with Crippen LogP contribution in [0.2, 0.25) is 0 Å². The highest BCUT2D eigenvalue weighted by molar-refractivity contribution is 7.90. The van der Waals surface area contributed by atoms with Crippen LogP contribution in [0.25, 0.3) is 0 Å². The fourth-order valence-electron chi connectivity index (χ4n) is 3.93. The summed E-state index contributed by atoms with van der Waals surface area (Å²) in [5.41, 5.74) is -0.0167. The van der Waals surface area contributed by atoms with E-state index in [1.807, 2.05) is 0 Å². The highest BCUT2D eigenvalue weighted by atomic mass is 32.2. The molecule has 1 aromatic carbocycles. The normalized spacial score (nSPS) is 20.0. The van der Waals surface area contributed by atoms with Crippen molar-refractivity contribution in [1.29, 1.82) is 0 Å². The molecule has 0 unspecified atom stereocenters. The average molecular weight is 380 g/mol. The van der Waals surface area contributed by atoms with E-state index in [9.17, 15) is 13.2 Å². The molecule has 3 rings (SSSR count). The molecule has 0 N–H and O–H groups in total. The number of piperidine rings is 1. The molecule has 0 bridgehead atoms. The van der Waals surface area contributed by atoms with Gasteiger partial charge in [-0.2, -0.15) is 0 Å². The number of sulfone groups is 1. The number of unbranched alkanes of at least 4 members (excludes halogenated alkanes) is 3. The molecule has 1 saturated heterocycles. The molecule has 6 heteroatoms. The highest BCUT2D eigenvalue weighted by Gasteiger charge is 2.43. The van der Waals surface area contributed by atoms with Gasteiger partial charge in [-0.3, -0.25) is 4.79 Å². The molecule has 0 saturated carbocycles. The Kier molecular flexibility index (Phi) is 5.72. The molecule has 0 amide bonds. The maximum Gasteiger partial charge on any atom is 0.175 e. The van der Waals surface area contributed by atoms with E-state index in [0.717, 1.165) is 38.7 Å². The topological polar surface area (TPSA) is 63.7 Å². The number of Topliss-reactive ketones (excluding diaryl/α,β-unsaturated/α-hetero) is 1. The van der Waals surface area contributed by atoms with Crippen molar-refractivity contribution in [3.8, 4) is 5.75 Å². The maximum atomic E-state index is 12.7. The van der Waals surface area contributed by atoms with Gasteiger partial charge in [-0.05, 0) is 31.2 Å². The van der Waals surface area contributed by atoms with Crippen molar-refractivity contribution in [3.63, 3.8) is 0 Å². The predicted octanol–water partition coefficient (Wildman–Crippen LogP) is 3.47. The molecule has 2 aliphatic heterocycles. The number of ether oxygens (including phenoxy) is 1. The smallest absolute Gasteiger partial charge is 0.175 e. The van der Waals surface area contributed by atoms with Gasteiger partial charge in [0.25, 0.3) is 0 Å². The maximum absolute atomic E-state index is 12.7. The van der Waals surface area contributed by atoms with Crippen LogP contribution < -0.4 is 4.74 Å². The number of rotatable bonds is 6. The molecule has 26 heavy (non-hydrogen) atoms. The lowest BCUT2D eigenvalue weighted by atomic mass is 9.82. The van der Waals surface area contributed by atoms with E-state index in [1.165, 1.54) is 37.8 Å². The molecule has 1 aromatic rings. The van der Waals surface area contributed by atoms with Crippen LogP contribution in [0.15, 0.2) is 23.1 Å². The lowest BCUT2D eigenvalue weighted by molar-refractivity contribution is -0.00925. The van der Waals surface area contributed by atoms with E-state index in [4.69, 9.17) is 4.74 Å². The van der Waals surface area contributed by atoms with Gasteiger partial charge >= 0.3 is 0 Å². The summed E-state index contributed by atoms with van der Waals surface area (Å²) in [5, 5.41) is 0. The number of likely N-dealkylation sites (tertiary alicyclic amines) is 1. The third kappa shape index (κ3) is 4.29. The summed E-state index contributed by atoms with van der Waals surface area (Å²) in [6, 6.07) is 4.63. The third-order valence-electron chi connectivity index (χ3n) is 5.58. The highest BCUT2D eigenvalue weighted by Crippen LogP contribution is 2.40. The molecule has 0 radical (unpaired) electrons. The lowest BCUT2D eigenvalue weighted by Gasteiger charge is -2.44. The van der Waals surface area contributed by atoms with Crippen LogP contribution in [0, 0.1) is 0 Å². The number of hydrogen-bond donors (Lipinski definition) is 0. The summed E-state index contributed by atoms with van der Waals surface area (Å²) in [6.45, 7) is 5.25. The molecule has 2 heterocycles. The van der Waals surface area contributed by atoms with Crippen molar-refractivity contribution >= 4 is 15.6 Å². The first-order valence-corrected chi connectivity index (χ1v) is 11.5. The first kappa shape index (κ1) is 19.4. The average Bonchev–Trinajstić information content (AvgIpc) is 2.59. The Morgan fingerprint density at radius 3 is 2.54 bits per heavy atom. The van der Waals surface area contributed by atoms with E-state index in [2.05, 4.69) is 11.8 Å². The van der Waals surface area contributed by atoms with Crippen LogP contribution in [0.5, 0.6) is 5.75 Å². The molecule has 0 aromatic heterocycles. The van der Waals surface area contributed by atoms with Crippen LogP contribution >= 0.6 is 0 Å². The summed E-state index contributed by atoms with van der Waals surface area (Å²) < 4.78 is 29.7. The Bertz CT molecular complexity index is 764. The fourth-order valence-corrected chi connectivity index (χ4v) is 4.58. The molecule has 2 aliphatic rings. The van der Waals surface area contributed by atoms with Gasteiger partial charge in [-0.15, -0.1) is 0 Å². The third-order valence-corrected chi connectivity index (χ3v) is 6.69. The number of carbonyl (C=O) groups excluding carboxylic acids is 1. The van der Waals surface area contributed by atoms with E-state index >= 15 is 0 Å². The SMILES string of the molecule is CCCCCCN1CCC2(CC1)CC(=O)c1cc(S(C)(=O)=O)ccc1O2. The molecule has 0 atom stereocenters. The van der Waals surface area contributed by atoms with Gasteiger partial charge in [0.15, 0.2) is 15.6 Å². The van der Waals surface area contributed by atoms with Crippen LogP contribution in [-0.2, 0) is 9.84 Å². The lowest BCUT2D eigenvalue weighted by Crippen LogP contribution is -2.51. The zero-order valence-corrected chi connectivity index (χ0v) is 16.6. The van der Waals surface area contributed by atoms with Gasteiger partial charge in [-0.25, -0.2) is 8.42 Å². The molecular weight excluding hydrogens is 350 g/mol. The Morgan fingerprint density at radius 1 is 1.15 bits per heavy atom. The number of ketones is 1. The molecule has 0 aliphatic carbocycles. The van der Waals surface area contributed by atoms with Crippen LogP contribution in [0.1, 0.15) is 62.2 Å². The Morgan fingerprint density at radius 2 is 1.88 bits per heavy atom. The van der Waals surface area contributed by atoms with Gasteiger partial charge in [0.2, 0.25) is 0 Å². The van der Waals surface area contributed by atoms with Gasteiger partial charge < -0.3 is 9.64 Å². The van der Waals surface area contributed by atoms with Crippen LogP contribution in [0.3, 0.4) is 0 Å². The summed E-state index contributed by atoms with van der Waals surface area (Å²) in [5.74, 6) is 0.526. The zero-order valence-electron chi connectivity index (χ0n) is 15.8. The second kappa shape index (κ2) is 7.69. The van der Waals surface area contributed by atoms with E-state index in [1.54, 1.807) is 6.07 Å². The largest absolute Gasteiger partial charge is 0.486 e. The van der Waals surface area contributed by atoms with Crippen LogP contribution in [0.4, 0.5) is 0 Å². The fraction of sp³-hybridized carbons (Fsp3) is 0.650. The molecule has 1 spiro atoms. The predicted molar refractivity (Wildman–Crippen MR) is 102 cm³/mol. The Hall–Kier alpha value is -1.40. The van der Waals surface area contributed by atoms with E-state index in [-0.39, 0.29) is 10.7 Å². The molecule has 144 valence electrons. The molecule has 1 fully saturated rings. The van der Waals surface area contributed by atoms with Crippen LogP contribution in [-0.4, -0.2) is 50.6 Å². The Labute approximate surface area is 156 Å². The quantitative estimate of drug-likeness (QED) is 0.708. The summed E-state index contributed by atoms with van der Waals surface area (Å²) in [7, 11) is -3.33. The summed E-state index contributed by atoms with van der Waals surface area (Å²) in [4.78, 5) is 15.3. The minimum absolute atomic E-state index is 0.00635. The number of benzene rings is 1. The Balaban J connectivity index is 1.65. The second-order valence-electron chi connectivity index (χ2n) is 7.72. The van der Waals surface area contributed by atoms with Gasteiger partial charge in [0, 0.05) is 32.2 Å². The van der Waals surface area contributed by atoms with Crippen molar-refractivity contribution in [2.24, 2.45) is 0 Å². The first-order chi connectivity index (χ1) is 12.3. The van der Waals surface area contributed by atoms with Gasteiger partial charge in [-0.1, -0.05) is 26.2 Å². The number of nitrogens with zero attached hydrogens (tertiary/aromatic N) is 1. The second-order valence-corrected chi connectivity index (χ2v) is 9.73. The number of hydrogen-bond acceptors (Lipinski definition) is 5. The molecular formula is C20H29NO4S. The van der Waals surface area contributed by atoms with E-state index in [0.29, 0.717) is 17.7 Å². The monoisotopic (exact) mass is 379 g/mol. The van der Waals surface area contributed by atoms with Gasteiger partial charge in [0.05, 0.1) is 16.9 Å². The number of fused-ring (bicyclic) bond motifs is 1. The minimum atomic E-state index is -3.33. The number of carbonyl (C=O) groups is 1. The van der Waals surface area contributed by atoms with Crippen molar-refractivity contribution in [1.82, 2.24) is 4.90 Å². The van der Waals surface area contributed by atoms with Crippen molar-refractivity contribution in [3.05, 3.63) is 23.8 Å². The first-order valence-electron chi connectivity index (χ1n) is 9.62. The molecule has 5 nitrogen and oxygen atoms in total. The van der Waals surface area contributed by atoms with Crippen molar-refractivity contribution < 1.29 is 17.9 Å². The van der Waals surface area contributed by atoms with Gasteiger partial charge in [0.1, 0.15) is 11.4 Å². The van der Waals surface area contributed by atoms with Crippen molar-refractivity contribution in [2.75, 3.05) is 25.9 Å².